The molecule has 0 spiro atoms. The van der Waals surface area contributed by atoms with Gasteiger partial charge in [-0.25, -0.2) is 0 Å². The molecule has 0 aliphatic carbocycles. The van der Waals surface area contributed by atoms with E-state index in [0.29, 0.717) is 0 Å². The third-order valence-electron chi connectivity index (χ3n) is 0.544. The van der Waals surface area contributed by atoms with Crippen LogP contribution in [0, 0.1) is 0 Å². The maximum atomic E-state index is 5.62. The average Bonchev–Trinajstić information content (AvgIpc) is 1.68. The van der Waals surface area contributed by atoms with Crippen LogP contribution in [0.15, 0.2) is 23.0 Å². The molecule has 0 bridgehead atoms. The second kappa shape index (κ2) is 2.80. The summed E-state index contributed by atoms with van der Waals surface area (Å²) in [4.78, 5) is 3.19. The standard InChI is InChI=1S/C4H6Cl2Ge/c1-3-7(5,6)4-2/h3-4H,1-2H2. The second-order valence-corrected chi connectivity index (χ2v) is 13.1. The van der Waals surface area contributed by atoms with E-state index in [9.17, 15) is 0 Å². The monoisotopic (exact) mass is 198 g/mol. The van der Waals surface area contributed by atoms with Gasteiger partial charge >= 0.3 is 54.4 Å². The van der Waals surface area contributed by atoms with Gasteiger partial charge in [0, 0.05) is 0 Å². The fourth-order valence-electron chi connectivity index (χ4n) is 0.0833. The van der Waals surface area contributed by atoms with Gasteiger partial charge in [-0.2, -0.15) is 0 Å². The number of rotatable bonds is 2. The van der Waals surface area contributed by atoms with Crippen LogP contribution in [-0.4, -0.2) is 11.4 Å². The van der Waals surface area contributed by atoms with E-state index in [1.165, 1.54) is 0 Å². The minimum atomic E-state index is -2.61. The van der Waals surface area contributed by atoms with E-state index in [1.54, 1.807) is 9.82 Å². The van der Waals surface area contributed by atoms with Gasteiger partial charge in [-0.05, 0) is 0 Å². The molecule has 0 unspecified atom stereocenters. The normalized spacial score (nSPS) is 10.6. The van der Waals surface area contributed by atoms with Crippen LogP contribution < -0.4 is 0 Å². The fourth-order valence-corrected chi connectivity index (χ4v) is 0.433. The van der Waals surface area contributed by atoms with Gasteiger partial charge in [0.25, 0.3) is 0 Å². The van der Waals surface area contributed by atoms with Gasteiger partial charge in [0.15, 0.2) is 0 Å². The summed E-state index contributed by atoms with van der Waals surface area (Å²) in [5.74, 6) is 0. The third-order valence-corrected chi connectivity index (χ3v) is 6.04. The number of hydrogen-bond donors (Lipinski definition) is 0. The molecule has 0 aromatic heterocycles. The molecule has 0 aliphatic rings. The van der Waals surface area contributed by atoms with Gasteiger partial charge in [0.05, 0.1) is 0 Å². The van der Waals surface area contributed by atoms with Crippen molar-refractivity contribution in [3.05, 3.63) is 23.0 Å². The molecule has 0 nitrogen and oxygen atoms in total. The van der Waals surface area contributed by atoms with E-state index in [2.05, 4.69) is 13.2 Å². The van der Waals surface area contributed by atoms with Crippen LogP contribution in [-0.2, 0) is 0 Å². The van der Waals surface area contributed by atoms with Crippen molar-refractivity contribution < 1.29 is 0 Å². The molecule has 0 atom stereocenters. The zero-order valence-corrected chi connectivity index (χ0v) is 7.43. The summed E-state index contributed by atoms with van der Waals surface area (Å²) >= 11 is -2.61. The van der Waals surface area contributed by atoms with Crippen molar-refractivity contribution in [3.63, 3.8) is 0 Å². The molecule has 0 rings (SSSR count). The Balaban J connectivity index is 3.82. The Morgan fingerprint density at radius 1 is 1.14 bits per heavy atom. The van der Waals surface area contributed by atoms with Crippen LogP contribution in [0.25, 0.3) is 0 Å². The van der Waals surface area contributed by atoms with Crippen molar-refractivity contribution in [1.29, 1.82) is 0 Å². The van der Waals surface area contributed by atoms with E-state index < -0.39 is 11.4 Å². The van der Waals surface area contributed by atoms with Crippen LogP contribution in [0.4, 0.5) is 0 Å². The second-order valence-electron chi connectivity index (χ2n) is 1.08. The van der Waals surface area contributed by atoms with E-state index in [-0.39, 0.29) is 0 Å². The third kappa shape index (κ3) is 3.21. The van der Waals surface area contributed by atoms with Gasteiger partial charge in [-0.1, -0.05) is 0 Å². The average molecular weight is 198 g/mol. The summed E-state index contributed by atoms with van der Waals surface area (Å²) in [6.07, 6.45) is 0. The Morgan fingerprint density at radius 3 is 1.43 bits per heavy atom. The first kappa shape index (κ1) is 7.60. The van der Waals surface area contributed by atoms with E-state index in [0.717, 1.165) is 0 Å². The van der Waals surface area contributed by atoms with Crippen LogP contribution in [0.2, 0.25) is 0 Å². The van der Waals surface area contributed by atoms with Crippen molar-refractivity contribution >= 4 is 31.4 Å². The van der Waals surface area contributed by atoms with Gasteiger partial charge in [-0.15, -0.1) is 0 Å². The van der Waals surface area contributed by atoms with E-state index >= 15 is 0 Å². The number of halogens is 2. The summed E-state index contributed by atoms with van der Waals surface area (Å²) in [5.41, 5.74) is 0. The van der Waals surface area contributed by atoms with Gasteiger partial charge in [-0.3, -0.25) is 0 Å². The molecule has 0 aromatic carbocycles. The molecule has 0 amide bonds. The summed E-state index contributed by atoms with van der Waals surface area (Å²) in [6, 6.07) is 0. The topological polar surface area (TPSA) is 0 Å². The van der Waals surface area contributed by atoms with Crippen molar-refractivity contribution in [1.82, 2.24) is 0 Å². The van der Waals surface area contributed by atoms with Crippen molar-refractivity contribution in [3.8, 4) is 0 Å². The van der Waals surface area contributed by atoms with Crippen molar-refractivity contribution in [2.75, 3.05) is 0 Å². The minimum absolute atomic E-state index is 1.59. The molecule has 0 heterocycles. The molecule has 0 saturated carbocycles. The van der Waals surface area contributed by atoms with Crippen LogP contribution in [0.1, 0.15) is 0 Å². The molecule has 0 N–H and O–H groups in total. The summed E-state index contributed by atoms with van der Waals surface area (Å²) in [7, 11) is 11.2. The molecule has 0 radical (unpaired) electrons. The first-order chi connectivity index (χ1) is 3.12. The first-order valence-corrected chi connectivity index (χ1v) is 9.71. The van der Waals surface area contributed by atoms with Gasteiger partial charge in [0.1, 0.15) is 0 Å². The van der Waals surface area contributed by atoms with Gasteiger partial charge < -0.3 is 0 Å². The molecule has 0 aliphatic heterocycles. The molecule has 0 aromatic rings. The van der Waals surface area contributed by atoms with E-state index in [4.69, 9.17) is 20.0 Å². The summed E-state index contributed by atoms with van der Waals surface area (Å²) < 4.78 is 0. The molecule has 7 heavy (non-hydrogen) atoms. The Bertz CT molecular complexity index is 77.7. The predicted octanol–water partition coefficient (Wildman–Crippen LogP) is 2.36. The molecular weight excluding hydrogens is 192 g/mol. The van der Waals surface area contributed by atoms with Crippen LogP contribution >= 0.6 is 20.0 Å². The van der Waals surface area contributed by atoms with E-state index in [1.807, 2.05) is 0 Å². The zero-order chi connectivity index (χ0) is 5.91. The van der Waals surface area contributed by atoms with Crippen LogP contribution in [0.3, 0.4) is 0 Å². The fraction of sp³-hybridized carbons (Fsp3) is 0. The zero-order valence-electron chi connectivity index (χ0n) is 3.82. The van der Waals surface area contributed by atoms with Gasteiger partial charge in [0.2, 0.25) is 0 Å². The quantitative estimate of drug-likeness (QED) is 0.597. The molecule has 3 heteroatoms. The molecular formula is C4H6Cl2Ge. The van der Waals surface area contributed by atoms with Crippen molar-refractivity contribution in [2.24, 2.45) is 0 Å². The Morgan fingerprint density at radius 2 is 1.43 bits per heavy atom. The Kier molecular flexibility index (Phi) is 3.04. The van der Waals surface area contributed by atoms with Crippen molar-refractivity contribution in [2.45, 2.75) is 0 Å². The SMILES string of the molecule is C=[CH][Ge]([Cl])([Cl])[CH]=C. The molecule has 0 fully saturated rings. The number of hydrogen-bond acceptors (Lipinski definition) is 0. The predicted molar refractivity (Wildman–Crippen MR) is 37.9 cm³/mol. The maximum absolute atomic E-state index is 5.62. The summed E-state index contributed by atoms with van der Waals surface area (Å²) in [6.45, 7) is 6.90. The first-order valence-electron chi connectivity index (χ1n) is 1.77. The molecule has 40 valence electrons. The van der Waals surface area contributed by atoms with Crippen LogP contribution in [0.5, 0.6) is 0 Å². The summed E-state index contributed by atoms with van der Waals surface area (Å²) in [5, 5.41) is 0. The Hall–Kier alpha value is 0.603. The molecule has 0 saturated heterocycles. The Labute approximate surface area is 54.5 Å².